The number of rotatable bonds is 3. The Morgan fingerprint density at radius 2 is 1.57 bits per heavy atom. The Hall–Kier alpha value is -0.570. The van der Waals surface area contributed by atoms with Gasteiger partial charge in [0.05, 0.1) is 0 Å². The van der Waals surface area contributed by atoms with Crippen LogP contribution in [0.1, 0.15) is 57.8 Å². The maximum absolute atomic E-state index is 12.8. The fraction of sp³-hybridized carbons (Fsp3) is 0.944. The van der Waals surface area contributed by atoms with E-state index in [-0.39, 0.29) is 0 Å². The van der Waals surface area contributed by atoms with Crippen LogP contribution in [0, 0.1) is 23.2 Å². The first-order valence-corrected chi connectivity index (χ1v) is 9.11. The molecule has 0 aromatic carbocycles. The maximum atomic E-state index is 12.8. The molecular weight excluding hydrogens is 260 g/mol. The lowest BCUT2D eigenvalue weighted by atomic mass is 9.49. The lowest BCUT2D eigenvalue weighted by Crippen LogP contribution is -2.50. The molecule has 0 aromatic heterocycles. The quantitative estimate of drug-likeness (QED) is 0.867. The number of hydrogen-bond acceptors (Lipinski definition) is 2. The zero-order valence-corrected chi connectivity index (χ0v) is 13.4. The molecule has 0 atom stereocenters. The first-order valence-electron chi connectivity index (χ1n) is 9.11. The topological polar surface area (TPSA) is 32.3 Å². The standard InChI is InChI=1S/C18H30N2O/c1-19-16-2-4-20(5-3-16)17(21)12-18-9-13-6-14(10-18)8-15(7-13)11-18/h13-16,19H,2-12H2,1H3. The van der Waals surface area contributed by atoms with Crippen LogP contribution >= 0.6 is 0 Å². The fourth-order valence-corrected chi connectivity index (χ4v) is 6.36. The summed E-state index contributed by atoms with van der Waals surface area (Å²) in [5.41, 5.74) is 0.408. The van der Waals surface area contributed by atoms with Crippen molar-refractivity contribution in [2.75, 3.05) is 20.1 Å². The predicted octanol–water partition coefficient (Wildman–Crippen LogP) is 2.80. The minimum atomic E-state index is 0.408. The number of piperidine rings is 1. The lowest BCUT2D eigenvalue weighted by molar-refractivity contribution is -0.140. The number of nitrogens with one attached hydrogen (secondary N) is 1. The lowest BCUT2D eigenvalue weighted by Gasteiger charge is -2.57. The maximum Gasteiger partial charge on any atom is 0.223 e. The molecule has 118 valence electrons. The first kappa shape index (κ1) is 14.0. The van der Waals surface area contributed by atoms with Crippen LogP contribution in [0.4, 0.5) is 0 Å². The van der Waals surface area contributed by atoms with Gasteiger partial charge in [-0.05, 0) is 81.6 Å². The highest BCUT2D eigenvalue weighted by Crippen LogP contribution is 2.61. The van der Waals surface area contributed by atoms with Crippen molar-refractivity contribution in [3.63, 3.8) is 0 Å². The third-order valence-corrected chi connectivity index (χ3v) is 6.95. The predicted molar refractivity (Wildman–Crippen MR) is 83.9 cm³/mol. The molecule has 1 N–H and O–H groups in total. The van der Waals surface area contributed by atoms with Gasteiger partial charge in [0.2, 0.25) is 5.91 Å². The number of amides is 1. The number of likely N-dealkylation sites (tertiary alicyclic amines) is 1. The van der Waals surface area contributed by atoms with Crippen LogP contribution in [-0.2, 0) is 4.79 Å². The van der Waals surface area contributed by atoms with Crippen molar-refractivity contribution in [2.45, 2.75) is 63.8 Å². The van der Waals surface area contributed by atoms with E-state index in [0.29, 0.717) is 17.4 Å². The van der Waals surface area contributed by atoms with Crippen molar-refractivity contribution in [3.8, 4) is 0 Å². The molecule has 3 heteroatoms. The number of carbonyl (C=O) groups is 1. The molecule has 1 aliphatic heterocycles. The van der Waals surface area contributed by atoms with Crippen molar-refractivity contribution in [1.82, 2.24) is 10.2 Å². The van der Waals surface area contributed by atoms with E-state index in [1.807, 2.05) is 7.05 Å². The minimum Gasteiger partial charge on any atom is -0.343 e. The highest BCUT2D eigenvalue weighted by Gasteiger charge is 2.51. The summed E-state index contributed by atoms with van der Waals surface area (Å²) in [5, 5.41) is 3.35. The van der Waals surface area contributed by atoms with Crippen LogP contribution < -0.4 is 5.32 Å². The van der Waals surface area contributed by atoms with E-state index in [2.05, 4.69) is 10.2 Å². The molecule has 1 amide bonds. The second-order valence-electron chi connectivity index (χ2n) is 8.54. The van der Waals surface area contributed by atoms with Gasteiger partial charge in [0.15, 0.2) is 0 Å². The molecule has 3 nitrogen and oxygen atoms in total. The molecule has 4 bridgehead atoms. The van der Waals surface area contributed by atoms with E-state index in [9.17, 15) is 4.79 Å². The Labute approximate surface area is 128 Å². The molecular formula is C18H30N2O. The molecule has 0 radical (unpaired) electrons. The second-order valence-corrected chi connectivity index (χ2v) is 8.54. The van der Waals surface area contributed by atoms with E-state index >= 15 is 0 Å². The smallest absolute Gasteiger partial charge is 0.223 e. The summed E-state index contributed by atoms with van der Waals surface area (Å²) in [6.45, 7) is 1.94. The summed E-state index contributed by atoms with van der Waals surface area (Å²) < 4.78 is 0. The monoisotopic (exact) mass is 290 g/mol. The van der Waals surface area contributed by atoms with Gasteiger partial charge in [-0.1, -0.05) is 0 Å². The van der Waals surface area contributed by atoms with Crippen molar-refractivity contribution < 1.29 is 4.79 Å². The average Bonchev–Trinajstić information content (AvgIpc) is 2.45. The van der Waals surface area contributed by atoms with E-state index in [4.69, 9.17) is 0 Å². The van der Waals surface area contributed by atoms with Crippen LogP contribution in [0.3, 0.4) is 0 Å². The van der Waals surface area contributed by atoms with E-state index in [1.54, 1.807) is 0 Å². The van der Waals surface area contributed by atoms with Gasteiger partial charge in [0.25, 0.3) is 0 Å². The van der Waals surface area contributed by atoms with Gasteiger partial charge in [0, 0.05) is 25.6 Å². The summed E-state index contributed by atoms with van der Waals surface area (Å²) in [7, 11) is 2.04. The molecule has 5 aliphatic rings. The molecule has 1 heterocycles. The zero-order valence-electron chi connectivity index (χ0n) is 13.4. The molecule has 4 saturated carbocycles. The van der Waals surface area contributed by atoms with Gasteiger partial charge in [-0.25, -0.2) is 0 Å². The zero-order chi connectivity index (χ0) is 14.4. The van der Waals surface area contributed by atoms with Gasteiger partial charge < -0.3 is 10.2 Å². The summed E-state index contributed by atoms with van der Waals surface area (Å²) in [5.74, 6) is 3.34. The summed E-state index contributed by atoms with van der Waals surface area (Å²) in [6, 6.07) is 0.619. The van der Waals surface area contributed by atoms with Crippen LogP contribution in [0.15, 0.2) is 0 Å². The second kappa shape index (κ2) is 5.26. The summed E-state index contributed by atoms with van der Waals surface area (Å²) >= 11 is 0. The van der Waals surface area contributed by atoms with Crippen molar-refractivity contribution in [3.05, 3.63) is 0 Å². The van der Waals surface area contributed by atoms with Crippen LogP contribution in [0.25, 0.3) is 0 Å². The summed E-state index contributed by atoms with van der Waals surface area (Å²) in [4.78, 5) is 14.9. The number of hydrogen-bond donors (Lipinski definition) is 1. The summed E-state index contributed by atoms with van der Waals surface area (Å²) in [6.07, 6.45) is 11.6. The molecule has 4 aliphatic carbocycles. The number of carbonyl (C=O) groups excluding carboxylic acids is 1. The highest BCUT2D eigenvalue weighted by molar-refractivity contribution is 5.77. The Bertz CT molecular complexity index is 376. The number of nitrogens with zero attached hydrogens (tertiary/aromatic N) is 1. The van der Waals surface area contributed by atoms with Gasteiger partial charge in [-0.2, -0.15) is 0 Å². The Kier molecular flexibility index (Phi) is 3.52. The SMILES string of the molecule is CNC1CCN(C(=O)CC23CC4CC(CC(C4)C2)C3)CC1. The highest BCUT2D eigenvalue weighted by atomic mass is 16.2. The average molecular weight is 290 g/mol. The molecule has 0 unspecified atom stereocenters. The third-order valence-electron chi connectivity index (χ3n) is 6.95. The normalized spacial score (nSPS) is 42.5. The van der Waals surface area contributed by atoms with Crippen LogP contribution in [-0.4, -0.2) is 37.0 Å². The fourth-order valence-electron chi connectivity index (χ4n) is 6.36. The van der Waals surface area contributed by atoms with E-state index in [1.165, 1.54) is 38.5 Å². The molecule has 1 saturated heterocycles. The van der Waals surface area contributed by atoms with Crippen molar-refractivity contribution >= 4 is 5.91 Å². The minimum absolute atomic E-state index is 0.408. The van der Waals surface area contributed by atoms with Gasteiger partial charge in [0.1, 0.15) is 0 Å². The van der Waals surface area contributed by atoms with Gasteiger partial charge in [-0.15, -0.1) is 0 Å². The third kappa shape index (κ3) is 2.62. The van der Waals surface area contributed by atoms with Crippen LogP contribution in [0.2, 0.25) is 0 Å². The Balaban J connectivity index is 1.38. The van der Waals surface area contributed by atoms with E-state index < -0.39 is 0 Å². The Morgan fingerprint density at radius 3 is 2.05 bits per heavy atom. The van der Waals surface area contributed by atoms with Crippen molar-refractivity contribution in [1.29, 1.82) is 0 Å². The van der Waals surface area contributed by atoms with Crippen LogP contribution in [0.5, 0.6) is 0 Å². The molecule has 5 fully saturated rings. The molecule has 0 aromatic rings. The van der Waals surface area contributed by atoms with Crippen molar-refractivity contribution in [2.24, 2.45) is 23.2 Å². The largest absolute Gasteiger partial charge is 0.343 e. The van der Waals surface area contributed by atoms with Gasteiger partial charge in [-0.3, -0.25) is 4.79 Å². The van der Waals surface area contributed by atoms with Gasteiger partial charge >= 0.3 is 0 Å². The molecule has 5 rings (SSSR count). The first-order chi connectivity index (χ1) is 10.2. The molecule has 21 heavy (non-hydrogen) atoms. The van der Waals surface area contributed by atoms with E-state index in [0.717, 1.165) is 50.1 Å². The molecule has 0 spiro atoms. The Morgan fingerprint density at radius 1 is 1.05 bits per heavy atom.